The monoisotopic (exact) mass is 383 g/mol. The number of hydrogen-bond acceptors (Lipinski definition) is 5. The fourth-order valence-electron chi connectivity index (χ4n) is 2.68. The number of esters is 1. The molecule has 0 atom stereocenters. The minimum atomic E-state index is -0.525. The van der Waals surface area contributed by atoms with Gasteiger partial charge in [-0.05, 0) is 43.2 Å². The number of benzene rings is 1. The van der Waals surface area contributed by atoms with Gasteiger partial charge in [0.1, 0.15) is 6.54 Å². The number of ether oxygens (including phenoxy) is 1. The molecule has 1 aromatic heterocycles. The van der Waals surface area contributed by atoms with Crippen LogP contribution in [-0.4, -0.2) is 54.4 Å². The molecule has 2 amide bonds. The van der Waals surface area contributed by atoms with Crippen molar-refractivity contribution in [2.24, 2.45) is 0 Å². The van der Waals surface area contributed by atoms with Crippen LogP contribution in [0.5, 0.6) is 0 Å². The van der Waals surface area contributed by atoms with Crippen LogP contribution < -0.4 is 4.90 Å². The lowest BCUT2D eigenvalue weighted by molar-refractivity contribution is -0.130. The van der Waals surface area contributed by atoms with Gasteiger partial charge in [0.05, 0.1) is 17.9 Å². The molecule has 0 N–H and O–H groups in total. The van der Waals surface area contributed by atoms with Crippen molar-refractivity contribution in [3.05, 3.63) is 59.9 Å². The highest BCUT2D eigenvalue weighted by molar-refractivity contribution is 6.04. The molecular formula is C21H25N3O4. The molecule has 0 fully saturated rings. The van der Waals surface area contributed by atoms with Gasteiger partial charge in [0.15, 0.2) is 0 Å². The van der Waals surface area contributed by atoms with Crippen LogP contribution in [0.4, 0.5) is 5.69 Å². The number of para-hydroxylation sites is 1. The van der Waals surface area contributed by atoms with E-state index in [4.69, 9.17) is 4.74 Å². The molecule has 1 aromatic carbocycles. The Kier molecular flexibility index (Phi) is 7.68. The molecule has 0 radical (unpaired) electrons. The SMILES string of the molecule is CCOC(=O)c1ccccc1N(CC(=O)N(C)CCc1ccncc1)C(C)=O. The zero-order valence-electron chi connectivity index (χ0n) is 16.4. The van der Waals surface area contributed by atoms with Gasteiger partial charge in [0.25, 0.3) is 0 Å². The Morgan fingerprint density at radius 2 is 1.75 bits per heavy atom. The zero-order valence-corrected chi connectivity index (χ0v) is 16.4. The molecule has 0 saturated heterocycles. The number of rotatable bonds is 8. The molecule has 7 heteroatoms. The standard InChI is InChI=1S/C21H25N3O4/c1-4-28-21(27)18-7-5-6-8-19(18)24(16(2)25)15-20(26)23(3)14-11-17-9-12-22-13-10-17/h5-10,12-13H,4,11,14-15H2,1-3H3. The summed E-state index contributed by atoms with van der Waals surface area (Å²) >= 11 is 0. The Morgan fingerprint density at radius 3 is 2.39 bits per heavy atom. The summed E-state index contributed by atoms with van der Waals surface area (Å²) in [7, 11) is 1.69. The molecule has 0 spiro atoms. The lowest BCUT2D eigenvalue weighted by atomic mass is 10.1. The lowest BCUT2D eigenvalue weighted by Gasteiger charge is -2.26. The van der Waals surface area contributed by atoms with E-state index in [1.54, 1.807) is 55.5 Å². The summed E-state index contributed by atoms with van der Waals surface area (Å²) in [6, 6.07) is 10.4. The number of likely N-dealkylation sites (N-methyl/N-ethyl adjacent to an activating group) is 1. The molecule has 1 heterocycles. The van der Waals surface area contributed by atoms with Crippen LogP contribution in [0, 0.1) is 0 Å². The second kappa shape index (κ2) is 10.2. The van der Waals surface area contributed by atoms with E-state index in [1.807, 2.05) is 12.1 Å². The second-order valence-electron chi connectivity index (χ2n) is 6.26. The number of anilines is 1. The second-order valence-corrected chi connectivity index (χ2v) is 6.26. The van der Waals surface area contributed by atoms with E-state index in [0.29, 0.717) is 18.7 Å². The summed E-state index contributed by atoms with van der Waals surface area (Å²) in [6.07, 6.45) is 4.10. The summed E-state index contributed by atoms with van der Waals surface area (Å²) < 4.78 is 5.06. The Morgan fingerprint density at radius 1 is 1.07 bits per heavy atom. The first kappa shape index (κ1) is 21.1. The number of carbonyl (C=O) groups excluding carboxylic acids is 3. The van der Waals surface area contributed by atoms with Crippen molar-refractivity contribution in [1.29, 1.82) is 0 Å². The maximum absolute atomic E-state index is 12.7. The number of aromatic nitrogens is 1. The molecule has 0 aliphatic rings. The third-order valence-electron chi connectivity index (χ3n) is 4.27. The van der Waals surface area contributed by atoms with Crippen LogP contribution in [-0.2, 0) is 20.7 Å². The van der Waals surface area contributed by atoms with Crippen LogP contribution in [0.1, 0.15) is 29.8 Å². The van der Waals surface area contributed by atoms with Crippen LogP contribution in [0.25, 0.3) is 0 Å². The predicted octanol–water partition coefficient (Wildman–Crippen LogP) is 2.31. The largest absolute Gasteiger partial charge is 0.462 e. The average molecular weight is 383 g/mol. The Balaban J connectivity index is 2.11. The number of pyridine rings is 1. The van der Waals surface area contributed by atoms with Crippen molar-refractivity contribution in [2.75, 3.05) is 31.6 Å². The van der Waals surface area contributed by atoms with Crippen molar-refractivity contribution in [1.82, 2.24) is 9.88 Å². The van der Waals surface area contributed by atoms with Gasteiger partial charge in [-0.2, -0.15) is 0 Å². The van der Waals surface area contributed by atoms with E-state index in [1.165, 1.54) is 11.8 Å². The smallest absolute Gasteiger partial charge is 0.340 e. The van der Waals surface area contributed by atoms with Crippen molar-refractivity contribution < 1.29 is 19.1 Å². The van der Waals surface area contributed by atoms with Crippen LogP contribution >= 0.6 is 0 Å². The first-order valence-electron chi connectivity index (χ1n) is 9.11. The van der Waals surface area contributed by atoms with Crippen molar-refractivity contribution in [3.8, 4) is 0 Å². The van der Waals surface area contributed by atoms with E-state index in [2.05, 4.69) is 4.98 Å². The van der Waals surface area contributed by atoms with E-state index in [9.17, 15) is 14.4 Å². The Hall–Kier alpha value is -3.22. The fourth-order valence-corrected chi connectivity index (χ4v) is 2.68. The van der Waals surface area contributed by atoms with Gasteiger partial charge >= 0.3 is 5.97 Å². The summed E-state index contributed by atoms with van der Waals surface area (Å²) in [4.78, 5) is 43.9. The van der Waals surface area contributed by atoms with E-state index in [-0.39, 0.29) is 30.5 Å². The van der Waals surface area contributed by atoms with Gasteiger partial charge in [0.2, 0.25) is 11.8 Å². The summed E-state index contributed by atoms with van der Waals surface area (Å²) in [5.74, 6) is -1.07. The third-order valence-corrected chi connectivity index (χ3v) is 4.27. The zero-order chi connectivity index (χ0) is 20.5. The Labute approximate surface area is 164 Å². The number of hydrogen-bond donors (Lipinski definition) is 0. The number of carbonyl (C=O) groups is 3. The van der Waals surface area contributed by atoms with Crippen LogP contribution in [0.2, 0.25) is 0 Å². The Bertz CT molecular complexity index is 823. The van der Waals surface area contributed by atoms with Crippen molar-refractivity contribution >= 4 is 23.5 Å². The minimum absolute atomic E-state index is 0.154. The maximum Gasteiger partial charge on any atom is 0.340 e. The number of nitrogens with zero attached hydrogens (tertiary/aromatic N) is 3. The predicted molar refractivity (Wildman–Crippen MR) is 106 cm³/mol. The van der Waals surface area contributed by atoms with E-state index in [0.717, 1.165) is 5.56 Å². The molecule has 0 saturated carbocycles. The van der Waals surface area contributed by atoms with E-state index < -0.39 is 5.97 Å². The summed E-state index contributed by atoms with van der Waals surface area (Å²) in [5, 5.41) is 0. The van der Waals surface area contributed by atoms with Crippen LogP contribution in [0.15, 0.2) is 48.8 Å². The van der Waals surface area contributed by atoms with Gasteiger partial charge in [-0.15, -0.1) is 0 Å². The molecule has 2 aromatic rings. The molecule has 0 aliphatic heterocycles. The van der Waals surface area contributed by atoms with Gasteiger partial charge in [0, 0.05) is 32.9 Å². The van der Waals surface area contributed by atoms with Crippen molar-refractivity contribution in [2.45, 2.75) is 20.3 Å². The molecule has 28 heavy (non-hydrogen) atoms. The van der Waals surface area contributed by atoms with Crippen molar-refractivity contribution in [3.63, 3.8) is 0 Å². The topological polar surface area (TPSA) is 79.8 Å². The first-order valence-corrected chi connectivity index (χ1v) is 9.11. The highest BCUT2D eigenvalue weighted by atomic mass is 16.5. The molecule has 2 rings (SSSR count). The minimum Gasteiger partial charge on any atom is -0.462 e. The highest BCUT2D eigenvalue weighted by Gasteiger charge is 2.23. The molecule has 148 valence electrons. The van der Waals surface area contributed by atoms with Gasteiger partial charge in [-0.3, -0.25) is 14.6 Å². The number of amides is 2. The highest BCUT2D eigenvalue weighted by Crippen LogP contribution is 2.22. The van der Waals surface area contributed by atoms with E-state index >= 15 is 0 Å². The first-order chi connectivity index (χ1) is 13.4. The van der Waals surface area contributed by atoms with Crippen LogP contribution in [0.3, 0.4) is 0 Å². The molecule has 0 unspecified atom stereocenters. The van der Waals surface area contributed by atoms with Gasteiger partial charge < -0.3 is 14.5 Å². The normalized spacial score (nSPS) is 10.2. The summed E-state index contributed by atoms with van der Waals surface area (Å²) in [5.41, 5.74) is 1.70. The fraction of sp³-hybridized carbons (Fsp3) is 0.333. The molecule has 7 nitrogen and oxygen atoms in total. The average Bonchev–Trinajstić information content (AvgIpc) is 2.70. The molecule has 0 aliphatic carbocycles. The molecular weight excluding hydrogens is 358 g/mol. The van der Waals surface area contributed by atoms with Gasteiger partial charge in [-0.1, -0.05) is 12.1 Å². The quantitative estimate of drug-likeness (QED) is 0.654. The lowest BCUT2D eigenvalue weighted by Crippen LogP contribution is -2.42. The third kappa shape index (κ3) is 5.64. The van der Waals surface area contributed by atoms with Gasteiger partial charge in [-0.25, -0.2) is 4.79 Å². The maximum atomic E-state index is 12.7. The molecule has 0 bridgehead atoms. The summed E-state index contributed by atoms with van der Waals surface area (Å²) in [6.45, 7) is 3.66.